The molecule has 0 atom stereocenters. The Labute approximate surface area is 118 Å². The van der Waals surface area contributed by atoms with Gasteiger partial charge in [0, 0.05) is 0 Å². The highest BCUT2D eigenvalue weighted by molar-refractivity contribution is 5.89. The van der Waals surface area contributed by atoms with E-state index in [4.69, 9.17) is 10.2 Å². The average Bonchev–Trinajstić information content (AvgIpc) is 2.46. The zero-order chi connectivity index (χ0) is 15.4. The Kier molecular flexibility index (Phi) is 3.94. The molecule has 0 radical (unpaired) electrons. The van der Waals surface area contributed by atoms with E-state index < -0.39 is 11.9 Å². The van der Waals surface area contributed by atoms with E-state index in [1.807, 2.05) is 0 Å². The summed E-state index contributed by atoms with van der Waals surface area (Å²) in [6.45, 7) is 0. The Hall–Kier alpha value is -3.22. The molecule has 0 spiro atoms. The number of carboxylic acids is 2. The summed E-state index contributed by atoms with van der Waals surface area (Å²) in [5.74, 6) is -2.50. The number of hydrogen-bond acceptors (Lipinski definition) is 5. The third kappa shape index (κ3) is 3.41. The monoisotopic (exact) mass is 286 g/mol. The summed E-state index contributed by atoms with van der Waals surface area (Å²) < 4.78 is 0. The molecule has 106 valence electrons. The van der Waals surface area contributed by atoms with Gasteiger partial charge in [-0.25, -0.2) is 9.59 Å². The second kappa shape index (κ2) is 5.83. The number of aromatic carboxylic acids is 2. The lowest BCUT2D eigenvalue weighted by molar-refractivity contribution is 0.0686. The summed E-state index contributed by atoms with van der Waals surface area (Å²) in [4.78, 5) is 21.4. The van der Waals surface area contributed by atoms with Crippen LogP contribution in [0, 0.1) is 0 Å². The van der Waals surface area contributed by atoms with Gasteiger partial charge in [0.15, 0.2) is 0 Å². The molecule has 0 amide bonds. The van der Waals surface area contributed by atoms with Crippen molar-refractivity contribution < 1.29 is 24.9 Å². The van der Waals surface area contributed by atoms with Crippen molar-refractivity contribution in [3.05, 3.63) is 53.6 Å². The first-order valence-electron chi connectivity index (χ1n) is 5.79. The van der Waals surface area contributed by atoms with Gasteiger partial charge in [0.25, 0.3) is 0 Å². The molecule has 0 aliphatic heterocycles. The Bertz CT molecular complexity index is 723. The largest absolute Gasteiger partial charge is 0.506 e. The summed E-state index contributed by atoms with van der Waals surface area (Å²) in [6.07, 6.45) is 0. The van der Waals surface area contributed by atoms with Gasteiger partial charge in [-0.05, 0) is 42.5 Å². The first-order valence-corrected chi connectivity index (χ1v) is 5.79. The Balaban J connectivity index is 2.21. The summed E-state index contributed by atoms with van der Waals surface area (Å²) in [5.41, 5.74) is 0.587. The van der Waals surface area contributed by atoms with Crippen LogP contribution in [0.15, 0.2) is 52.7 Å². The molecule has 7 nitrogen and oxygen atoms in total. The Morgan fingerprint density at radius 2 is 1.38 bits per heavy atom. The van der Waals surface area contributed by atoms with Gasteiger partial charge in [-0.2, -0.15) is 5.11 Å². The van der Waals surface area contributed by atoms with Crippen molar-refractivity contribution in [1.29, 1.82) is 0 Å². The quantitative estimate of drug-likeness (QED) is 0.745. The molecule has 0 saturated carbocycles. The molecule has 0 fully saturated rings. The normalized spacial score (nSPS) is 10.7. The van der Waals surface area contributed by atoms with Crippen molar-refractivity contribution in [3.8, 4) is 5.75 Å². The fourth-order valence-electron chi connectivity index (χ4n) is 1.52. The highest BCUT2D eigenvalue weighted by Gasteiger charge is 2.07. The van der Waals surface area contributed by atoms with Crippen LogP contribution in [0.4, 0.5) is 11.4 Å². The van der Waals surface area contributed by atoms with E-state index in [0.29, 0.717) is 5.69 Å². The van der Waals surface area contributed by atoms with Crippen molar-refractivity contribution in [2.45, 2.75) is 0 Å². The number of phenolic OH excluding ortho intramolecular Hbond substituents is 1. The van der Waals surface area contributed by atoms with Crippen molar-refractivity contribution >= 4 is 23.3 Å². The van der Waals surface area contributed by atoms with Crippen LogP contribution >= 0.6 is 0 Å². The number of benzene rings is 2. The van der Waals surface area contributed by atoms with E-state index >= 15 is 0 Å². The van der Waals surface area contributed by atoms with Gasteiger partial charge in [-0.1, -0.05) is 0 Å². The summed E-state index contributed by atoms with van der Waals surface area (Å²) >= 11 is 0. The second-order valence-electron chi connectivity index (χ2n) is 4.06. The number of rotatable bonds is 4. The van der Waals surface area contributed by atoms with Crippen molar-refractivity contribution in [2.24, 2.45) is 10.2 Å². The molecule has 0 unspecified atom stereocenters. The van der Waals surface area contributed by atoms with Crippen LogP contribution in [0.25, 0.3) is 0 Å². The molecule has 0 aliphatic carbocycles. The average molecular weight is 286 g/mol. The lowest BCUT2D eigenvalue weighted by Crippen LogP contribution is -1.94. The van der Waals surface area contributed by atoms with Crippen LogP contribution in [0.5, 0.6) is 5.75 Å². The zero-order valence-corrected chi connectivity index (χ0v) is 10.6. The molecular weight excluding hydrogens is 276 g/mol. The maximum absolute atomic E-state index is 10.7. The zero-order valence-electron chi connectivity index (χ0n) is 10.6. The van der Waals surface area contributed by atoms with E-state index in [2.05, 4.69) is 10.2 Å². The van der Waals surface area contributed by atoms with E-state index in [-0.39, 0.29) is 22.6 Å². The number of carbonyl (C=O) groups is 2. The first kappa shape index (κ1) is 14.2. The first-order chi connectivity index (χ1) is 9.97. The predicted molar refractivity (Wildman–Crippen MR) is 72.6 cm³/mol. The molecular formula is C14H10N2O5. The molecule has 0 saturated heterocycles. The maximum Gasteiger partial charge on any atom is 0.335 e. The van der Waals surface area contributed by atoms with Gasteiger partial charge in [0.2, 0.25) is 0 Å². The lowest BCUT2D eigenvalue weighted by Gasteiger charge is -2.00. The third-order valence-corrected chi connectivity index (χ3v) is 2.61. The number of carboxylic acid groups (broad SMARTS) is 2. The van der Waals surface area contributed by atoms with Crippen molar-refractivity contribution in [3.63, 3.8) is 0 Å². The van der Waals surface area contributed by atoms with Crippen molar-refractivity contribution in [2.75, 3.05) is 0 Å². The summed E-state index contributed by atoms with van der Waals surface area (Å²) in [7, 11) is 0. The minimum atomic E-state index is -1.15. The number of nitrogens with zero attached hydrogens (tertiary/aromatic N) is 2. The van der Waals surface area contributed by atoms with E-state index in [1.165, 1.54) is 36.4 Å². The SMILES string of the molecule is O=C(O)c1ccc(N=Nc2ccc(C(=O)O)cc2O)cc1. The molecule has 2 aromatic carbocycles. The van der Waals surface area contributed by atoms with Crippen molar-refractivity contribution in [1.82, 2.24) is 0 Å². The molecule has 7 heteroatoms. The lowest BCUT2D eigenvalue weighted by atomic mass is 10.2. The van der Waals surface area contributed by atoms with Gasteiger partial charge in [0.05, 0.1) is 16.8 Å². The predicted octanol–water partition coefficient (Wildman–Crippen LogP) is 3.20. The highest BCUT2D eigenvalue weighted by Crippen LogP contribution is 2.29. The van der Waals surface area contributed by atoms with E-state index in [9.17, 15) is 14.7 Å². The maximum atomic E-state index is 10.7. The van der Waals surface area contributed by atoms with Crippen LogP contribution < -0.4 is 0 Å². The summed E-state index contributed by atoms with van der Waals surface area (Å²) in [6, 6.07) is 9.39. The summed E-state index contributed by atoms with van der Waals surface area (Å²) in [5, 5.41) is 34.8. The highest BCUT2D eigenvalue weighted by atomic mass is 16.4. The molecule has 3 N–H and O–H groups in total. The third-order valence-electron chi connectivity index (χ3n) is 2.61. The smallest absolute Gasteiger partial charge is 0.335 e. The Morgan fingerprint density at radius 1 is 0.810 bits per heavy atom. The van der Waals surface area contributed by atoms with Crippen LogP contribution in [0.2, 0.25) is 0 Å². The van der Waals surface area contributed by atoms with Gasteiger partial charge in [0.1, 0.15) is 11.4 Å². The minimum absolute atomic E-state index is 0.0581. The van der Waals surface area contributed by atoms with Crippen LogP contribution in [-0.4, -0.2) is 27.3 Å². The van der Waals surface area contributed by atoms with E-state index in [1.54, 1.807) is 0 Å². The van der Waals surface area contributed by atoms with Gasteiger partial charge in [-0.15, -0.1) is 5.11 Å². The number of azo groups is 1. The molecule has 0 aliphatic rings. The number of hydrogen-bond donors (Lipinski definition) is 3. The molecule has 0 bridgehead atoms. The Morgan fingerprint density at radius 3 is 1.90 bits per heavy atom. The van der Waals surface area contributed by atoms with Gasteiger partial charge >= 0.3 is 11.9 Å². The van der Waals surface area contributed by atoms with Crippen LogP contribution in [0.1, 0.15) is 20.7 Å². The fraction of sp³-hybridized carbons (Fsp3) is 0. The molecule has 21 heavy (non-hydrogen) atoms. The van der Waals surface area contributed by atoms with Crippen LogP contribution in [-0.2, 0) is 0 Å². The molecule has 2 aromatic rings. The minimum Gasteiger partial charge on any atom is -0.506 e. The van der Waals surface area contributed by atoms with Gasteiger partial charge < -0.3 is 15.3 Å². The topological polar surface area (TPSA) is 120 Å². The number of aromatic hydroxyl groups is 1. The second-order valence-corrected chi connectivity index (χ2v) is 4.06. The fourth-order valence-corrected chi connectivity index (χ4v) is 1.52. The molecule has 0 aromatic heterocycles. The van der Waals surface area contributed by atoms with Crippen LogP contribution in [0.3, 0.4) is 0 Å². The molecule has 2 rings (SSSR count). The van der Waals surface area contributed by atoms with E-state index in [0.717, 1.165) is 6.07 Å². The molecule has 0 heterocycles. The van der Waals surface area contributed by atoms with Gasteiger partial charge in [-0.3, -0.25) is 0 Å². The number of phenols is 1. The standard InChI is InChI=1S/C14H10N2O5/c17-12-7-9(14(20)21)3-6-11(12)16-15-10-4-1-8(2-5-10)13(18)19/h1-7,17H,(H,18,19)(H,20,21).